The van der Waals surface area contributed by atoms with E-state index >= 15 is 0 Å². The van der Waals surface area contributed by atoms with Crippen LogP contribution < -0.4 is 4.72 Å². The van der Waals surface area contributed by atoms with Gasteiger partial charge in [-0.1, -0.05) is 0 Å². The number of nitrogens with zero attached hydrogens (tertiary/aromatic N) is 2. The van der Waals surface area contributed by atoms with Gasteiger partial charge in [0.2, 0.25) is 10.0 Å². The van der Waals surface area contributed by atoms with Crippen molar-refractivity contribution in [1.82, 2.24) is 14.6 Å². The molecule has 0 radical (unpaired) electrons. The molecule has 2 aliphatic heterocycles. The first-order chi connectivity index (χ1) is 10.4. The Hall–Kier alpha value is -0.540. The largest absolute Gasteiger partial charge is 0.372 e. The van der Waals surface area contributed by atoms with Crippen molar-refractivity contribution in [2.75, 3.05) is 32.5 Å². The summed E-state index contributed by atoms with van der Waals surface area (Å²) in [4.78, 5) is 8.01. The first-order valence-corrected chi connectivity index (χ1v) is 10.3. The van der Waals surface area contributed by atoms with Crippen LogP contribution in [0.25, 0.3) is 0 Å². The molecule has 2 saturated heterocycles. The van der Waals surface area contributed by atoms with Gasteiger partial charge >= 0.3 is 0 Å². The highest BCUT2D eigenvalue weighted by Crippen LogP contribution is 2.42. The number of rotatable bonds is 6. The van der Waals surface area contributed by atoms with E-state index in [1.807, 2.05) is 12.4 Å². The van der Waals surface area contributed by atoms with Crippen molar-refractivity contribution in [3.63, 3.8) is 0 Å². The van der Waals surface area contributed by atoms with Gasteiger partial charge in [0.1, 0.15) is 0 Å². The molecule has 2 aliphatic rings. The summed E-state index contributed by atoms with van der Waals surface area (Å²) in [6, 6.07) is 0. The van der Waals surface area contributed by atoms with Crippen LogP contribution in [0.1, 0.15) is 23.4 Å². The number of hydrogen-bond donors (Lipinski definition) is 1. The van der Waals surface area contributed by atoms with Crippen LogP contribution in [0, 0.1) is 12.8 Å². The lowest BCUT2D eigenvalue weighted by Crippen LogP contribution is -2.64. The summed E-state index contributed by atoms with van der Waals surface area (Å²) < 4.78 is 30.9. The van der Waals surface area contributed by atoms with E-state index < -0.39 is 10.0 Å². The highest BCUT2D eigenvalue weighted by atomic mass is 32.2. The molecule has 1 N–H and O–H groups in total. The van der Waals surface area contributed by atoms with Crippen molar-refractivity contribution in [2.24, 2.45) is 5.92 Å². The number of aromatic nitrogens is 1. The second-order valence-corrected chi connectivity index (χ2v) is 9.13. The van der Waals surface area contributed by atoms with Crippen LogP contribution in [0.4, 0.5) is 0 Å². The number of sulfonamides is 1. The fourth-order valence-electron chi connectivity index (χ4n) is 3.46. The van der Waals surface area contributed by atoms with Crippen LogP contribution in [-0.4, -0.2) is 56.4 Å². The Morgan fingerprint density at radius 1 is 1.55 bits per heavy atom. The van der Waals surface area contributed by atoms with E-state index in [-0.39, 0.29) is 5.60 Å². The molecule has 3 rings (SSSR count). The van der Waals surface area contributed by atoms with Crippen LogP contribution in [0.2, 0.25) is 0 Å². The highest BCUT2D eigenvalue weighted by molar-refractivity contribution is 7.88. The van der Waals surface area contributed by atoms with Gasteiger partial charge in [0.15, 0.2) is 0 Å². The summed E-state index contributed by atoms with van der Waals surface area (Å²) in [5.74, 6) is 0.445. The van der Waals surface area contributed by atoms with Gasteiger partial charge in [-0.15, -0.1) is 11.3 Å². The molecule has 0 saturated carbocycles. The van der Waals surface area contributed by atoms with Gasteiger partial charge in [0.25, 0.3) is 0 Å². The third-order valence-electron chi connectivity index (χ3n) is 4.65. The minimum Gasteiger partial charge on any atom is -0.372 e. The molecule has 6 nitrogen and oxygen atoms in total. The fraction of sp³-hybridized carbons (Fsp3) is 0.786. The SMILES string of the molecule is Cc1ncsc1CN1CC2(C1)OCCC2CCNS(C)(=O)=O. The molecule has 1 atom stereocenters. The number of likely N-dealkylation sites (tertiary alicyclic amines) is 1. The molecule has 2 fully saturated rings. The molecule has 0 aliphatic carbocycles. The standard InChI is InChI=1S/C14H23N3O3S2/c1-11-13(21-10-15-11)7-17-8-14(9-17)12(4-6-20-14)3-5-16-22(2,18)19/h10,12,16H,3-9H2,1-2H3. The molecule has 1 unspecified atom stereocenters. The second kappa shape index (κ2) is 6.16. The zero-order chi connectivity index (χ0) is 15.8. The van der Waals surface area contributed by atoms with Gasteiger partial charge in [-0.05, 0) is 25.7 Å². The van der Waals surface area contributed by atoms with Gasteiger partial charge in [0, 0.05) is 37.7 Å². The van der Waals surface area contributed by atoms with E-state index in [2.05, 4.69) is 14.6 Å². The van der Waals surface area contributed by atoms with E-state index in [1.54, 1.807) is 11.3 Å². The number of thiazole rings is 1. The summed E-state index contributed by atoms with van der Waals surface area (Å²) in [5, 5.41) is 0. The van der Waals surface area contributed by atoms with Crippen LogP contribution in [-0.2, 0) is 21.3 Å². The first kappa shape index (κ1) is 16.3. The molecular weight excluding hydrogens is 322 g/mol. The summed E-state index contributed by atoms with van der Waals surface area (Å²) in [6.45, 7) is 6.16. The first-order valence-electron chi connectivity index (χ1n) is 7.58. The van der Waals surface area contributed by atoms with Crippen LogP contribution in [0.3, 0.4) is 0 Å². The molecule has 1 aromatic rings. The average molecular weight is 345 g/mol. The lowest BCUT2D eigenvalue weighted by atomic mass is 9.79. The topological polar surface area (TPSA) is 71.5 Å². The quantitative estimate of drug-likeness (QED) is 0.832. The molecule has 0 bridgehead atoms. The van der Waals surface area contributed by atoms with E-state index in [4.69, 9.17) is 4.74 Å². The Balaban J connectivity index is 1.51. The van der Waals surface area contributed by atoms with E-state index in [9.17, 15) is 8.42 Å². The molecule has 0 aromatic carbocycles. The van der Waals surface area contributed by atoms with Crippen LogP contribution in [0.5, 0.6) is 0 Å². The maximum absolute atomic E-state index is 11.2. The Morgan fingerprint density at radius 3 is 2.95 bits per heavy atom. The Kier molecular flexibility index (Phi) is 4.57. The molecular formula is C14H23N3O3S2. The molecule has 1 aromatic heterocycles. The summed E-state index contributed by atoms with van der Waals surface area (Å²) >= 11 is 1.71. The number of nitrogens with one attached hydrogen (secondary N) is 1. The Morgan fingerprint density at radius 2 is 2.32 bits per heavy atom. The van der Waals surface area contributed by atoms with Crippen LogP contribution in [0.15, 0.2) is 5.51 Å². The average Bonchev–Trinajstić information content (AvgIpc) is 2.95. The normalized spacial score (nSPS) is 24.7. The molecule has 124 valence electrons. The molecule has 8 heteroatoms. The van der Waals surface area contributed by atoms with Crippen molar-refractivity contribution >= 4 is 21.4 Å². The van der Waals surface area contributed by atoms with Gasteiger partial charge in [-0.2, -0.15) is 0 Å². The number of ether oxygens (including phenoxy) is 1. The van der Waals surface area contributed by atoms with Crippen molar-refractivity contribution in [2.45, 2.75) is 31.9 Å². The monoisotopic (exact) mass is 345 g/mol. The maximum atomic E-state index is 11.2. The highest BCUT2D eigenvalue weighted by Gasteiger charge is 2.52. The van der Waals surface area contributed by atoms with E-state index in [0.717, 1.165) is 44.8 Å². The molecule has 1 spiro atoms. The smallest absolute Gasteiger partial charge is 0.208 e. The fourth-order valence-corrected chi connectivity index (χ4v) is 4.77. The van der Waals surface area contributed by atoms with Crippen molar-refractivity contribution in [3.05, 3.63) is 16.1 Å². The van der Waals surface area contributed by atoms with Crippen molar-refractivity contribution < 1.29 is 13.2 Å². The lowest BCUT2D eigenvalue weighted by Gasteiger charge is -2.50. The number of aryl methyl sites for hydroxylation is 1. The Labute approximate surface area is 135 Å². The zero-order valence-electron chi connectivity index (χ0n) is 13.0. The van der Waals surface area contributed by atoms with Gasteiger partial charge in [-0.25, -0.2) is 18.1 Å². The summed E-state index contributed by atoms with van der Waals surface area (Å²) in [5.41, 5.74) is 2.95. The lowest BCUT2D eigenvalue weighted by molar-refractivity contribution is -0.136. The van der Waals surface area contributed by atoms with Crippen LogP contribution >= 0.6 is 11.3 Å². The molecule has 0 amide bonds. The van der Waals surface area contributed by atoms with Gasteiger partial charge in [0.05, 0.1) is 23.1 Å². The second-order valence-electron chi connectivity index (χ2n) is 6.36. The predicted octanol–water partition coefficient (Wildman–Crippen LogP) is 0.982. The Bertz CT molecular complexity index is 623. The number of hydrogen-bond acceptors (Lipinski definition) is 6. The predicted molar refractivity (Wildman–Crippen MR) is 86.4 cm³/mol. The third kappa shape index (κ3) is 3.51. The van der Waals surface area contributed by atoms with Gasteiger partial charge in [-0.3, -0.25) is 4.90 Å². The van der Waals surface area contributed by atoms with E-state index in [1.165, 1.54) is 11.1 Å². The third-order valence-corrected chi connectivity index (χ3v) is 6.30. The summed E-state index contributed by atoms with van der Waals surface area (Å²) in [7, 11) is -3.10. The molecule has 22 heavy (non-hydrogen) atoms. The zero-order valence-corrected chi connectivity index (χ0v) is 14.7. The van der Waals surface area contributed by atoms with E-state index in [0.29, 0.717) is 12.5 Å². The minimum absolute atomic E-state index is 0.0578. The maximum Gasteiger partial charge on any atom is 0.208 e. The molecule has 3 heterocycles. The minimum atomic E-state index is -3.10. The summed E-state index contributed by atoms with van der Waals surface area (Å²) in [6.07, 6.45) is 3.08. The van der Waals surface area contributed by atoms with Crippen molar-refractivity contribution in [3.8, 4) is 0 Å². The van der Waals surface area contributed by atoms with Gasteiger partial charge < -0.3 is 4.74 Å². The van der Waals surface area contributed by atoms with Crippen molar-refractivity contribution in [1.29, 1.82) is 0 Å².